The van der Waals surface area contributed by atoms with Crippen LogP contribution in [-0.2, 0) is 15.9 Å². The van der Waals surface area contributed by atoms with Crippen LogP contribution >= 0.6 is 46.6 Å². The summed E-state index contributed by atoms with van der Waals surface area (Å²) in [4.78, 5) is 0.0792. The first-order chi connectivity index (χ1) is 9.75. The molecular weight excluding hydrogens is 373 g/mol. The predicted octanol–water partition coefficient (Wildman–Crippen LogP) is 4.25. The van der Waals surface area contributed by atoms with Crippen LogP contribution < -0.4 is 0 Å². The van der Waals surface area contributed by atoms with Crippen molar-refractivity contribution in [2.75, 3.05) is 13.1 Å². The van der Waals surface area contributed by atoms with Crippen LogP contribution in [0.2, 0.25) is 10.0 Å². The number of hydrogen-bond acceptors (Lipinski definition) is 3. The molecule has 2 rings (SSSR count). The standard InChI is InChI=1S/C13H16Cl3NO2S2/c1-8-6-17(7-9(2)20-8)21(18,19)13-3-10(5-14)11(15)4-12(13)16/h3-4,8-9H,5-7H2,1-2H3. The van der Waals surface area contributed by atoms with E-state index >= 15 is 0 Å². The van der Waals surface area contributed by atoms with Crippen molar-refractivity contribution in [3.05, 3.63) is 27.7 Å². The molecule has 2 atom stereocenters. The van der Waals surface area contributed by atoms with Crippen molar-refractivity contribution in [3.63, 3.8) is 0 Å². The number of sulfonamides is 1. The monoisotopic (exact) mass is 387 g/mol. The van der Waals surface area contributed by atoms with Crippen molar-refractivity contribution < 1.29 is 8.42 Å². The summed E-state index contributed by atoms with van der Waals surface area (Å²) in [5.74, 6) is 0.140. The number of alkyl halides is 1. The Morgan fingerprint density at radius 1 is 1.19 bits per heavy atom. The summed E-state index contributed by atoms with van der Waals surface area (Å²) in [5.41, 5.74) is 0.564. The van der Waals surface area contributed by atoms with Gasteiger partial charge >= 0.3 is 0 Å². The van der Waals surface area contributed by atoms with E-state index in [-0.39, 0.29) is 26.3 Å². The predicted molar refractivity (Wildman–Crippen MR) is 91.3 cm³/mol. The van der Waals surface area contributed by atoms with Gasteiger partial charge in [0, 0.05) is 34.5 Å². The van der Waals surface area contributed by atoms with Crippen molar-refractivity contribution in [2.45, 2.75) is 35.1 Å². The number of hydrogen-bond donors (Lipinski definition) is 0. The Labute approximate surface area is 145 Å². The van der Waals surface area contributed by atoms with Crippen LogP contribution in [-0.4, -0.2) is 36.3 Å². The number of rotatable bonds is 3. The third-order valence-electron chi connectivity index (χ3n) is 3.25. The van der Waals surface area contributed by atoms with Crippen LogP contribution in [0.5, 0.6) is 0 Å². The van der Waals surface area contributed by atoms with Gasteiger partial charge in [-0.3, -0.25) is 0 Å². The van der Waals surface area contributed by atoms with E-state index in [1.54, 1.807) is 11.8 Å². The largest absolute Gasteiger partial charge is 0.244 e. The maximum atomic E-state index is 12.8. The minimum atomic E-state index is -3.64. The fraction of sp³-hybridized carbons (Fsp3) is 0.538. The Morgan fingerprint density at radius 2 is 1.76 bits per heavy atom. The van der Waals surface area contributed by atoms with Gasteiger partial charge in [0.2, 0.25) is 10.0 Å². The number of thioether (sulfide) groups is 1. The third kappa shape index (κ3) is 3.82. The van der Waals surface area contributed by atoms with E-state index in [2.05, 4.69) is 0 Å². The minimum Gasteiger partial charge on any atom is -0.207 e. The smallest absolute Gasteiger partial charge is 0.207 e. The first-order valence-corrected chi connectivity index (χ1v) is 10.1. The van der Waals surface area contributed by atoms with Crippen LogP contribution in [0.25, 0.3) is 0 Å². The molecule has 0 amide bonds. The summed E-state index contributed by atoms with van der Waals surface area (Å²) in [7, 11) is -3.64. The third-order valence-corrected chi connectivity index (χ3v) is 7.41. The molecule has 1 fully saturated rings. The summed E-state index contributed by atoms with van der Waals surface area (Å²) in [6, 6.07) is 2.92. The minimum absolute atomic E-state index is 0.0792. The first kappa shape index (κ1) is 17.7. The molecule has 118 valence electrons. The van der Waals surface area contributed by atoms with Crippen LogP contribution in [0.4, 0.5) is 0 Å². The summed E-state index contributed by atoms with van der Waals surface area (Å²) in [6.45, 7) is 5.01. The van der Waals surface area contributed by atoms with Gasteiger partial charge in [-0.15, -0.1) is 11.6 Å². The maximum absolute atomic E-state index is 12.8. The molecule has 0 aromatic heterocycles. The lowest BCUT2D eigenvalue weighted by molar-refractivity contribution is 0.405. The lowest BCUT2D eigenvalue weighted by atomic mass is 10.2. The fourth-order valence-corrected chi connectivity index (χ4v) is 6.60. The van der Waals surface area contributed by atoms with Gasteiger partial charge in [-0.2, -0.15) is 16.1 Å². The molecule has 0 bridgehead atoms. The summed E-state index contributed by atoms with van der Waals surface area (Å²) in [5, 5.41) is 1.02. The Morgan fingerprint density at radius 3 is 2.29 bits per heavy atom. The number of benzene rings is 1. The van der Waals surface area contributed by atoms with Gasteiger partial charge in [0.1, 0.15) is 4.90 Å². The molecule has 1 aromatic rings. The molecular formula is C13H16Cl3NO2S2. The van der Waals surface area contributed by atoms with Crippen molar-refractivity contribution in [3.8, 4) is 0 Å². The molecule has 8 heteroatoms. The first-order valence-electron chi connectivity index (χ1n) is 6.45. The Bertz CT molecular complexity index is 627. The van der Waals surface area contributed by atoms with Crippen molar-refractivity contribution >= 4 is 56.6 Å². The highest BCUT2D eigenvalue weighted by Gasteiger charge is 2.33. The van der Waals surface area contributed by atoms with Crippen molar-refractivity contribution in [2.24, 2.45) is 0 Å². The molecule has 0 saturated carbocycles. The Balaban J connectivity index is 2.44. The highest BCUT2D eigenvalue weighted by molar-refractivity contribution is 8.00. The van der Waals surface area contributed by atoms with E-state index < -0.39 is 10.0 Å². The summed E-state index contributed by atoms with van der Waals surface area (Å²) in [6.07, 6.45) is 0. The van der Waals surface area contributed by atoms with E-state index in [9.17, 15) is 8.42 Å². The zero-order chi connectivity index (χ0) is 15.8. The van der Waals surface area contributed by atoms with Gasteiger partial charge < -0.3 is 0 Å². The molecule has 0 spiro atoms. The van der Waals surface area contributed by atoms with Crippen LogP contribution in [0, 0.1) is 0 Å². The van der Waals surface area contributed by atoms with E-state index in [4.69, 9.17) is 34.8 Å². The van der Waals surface area contributed by atoms with Crippen LogP contribution in [0.1, 0.15) is 19.4 Å². The zero-order valence-electron chi connectivity index (χ0n) is 11.6. The second-order valence-electron chi connectivity index (χ2n) is 5.09. The highest BCUT2D eigenvalue weighted by Crippen LogP contribution is 2.34. The number of nitrogens with zero attached hydrogens (tertiary/aromatic N) is 1. The van der Waals surface area contributed by atoms with Crippen LogP contribution in [0.15, 0.2) is 17.0 Å². The van der Waals surface area contributed by atoms with Gasteiger partial charge in [0.15, 0.2) is 0 Å². The van der Waals surface area contributed by atoms with Crippen LogP contribution in [0.3, 0.4) is 0 Å². The second kappa shape index (κ2) is 6.85. The zero-order valence-corrected chi connectivity index (χ0v) is 15.5. The molecule has 0 N–H and O–H groups in total. The van der Waals surface area contributed by atoms with Gasteiger partial charge in [-0.1, -0.05) is 37.0 Å². The molecule has 1 heterocycles. The molecule has 0 radical (unpaired) electrons. The molecule has 21 heavy (non-hydrogen) atoms. The molecule has 1 aliphatic rings. The molecule has 1 aromatic carbocycles. The van der Waals surface area contributed by atoms with Gasteiger partial charge in [-0.25, -0.2) is 8.42 Å². The molecule has 1 saturated heterocycles. The SMILES string of the molecule is CC1CN(S(=O)(=O)c2cc(CCl)c(Cl)cc2Cl)CC(C)S1. The fourth-order valence-electron chi connectivity index (χ4n) is 2.34. The number of halogens is 3. The maximum Gasteiger partial charge on any atom is 0.244 e. The van der Waals surface area contributed by atoms with E-state index in [1.165, 1.54) is 16.4 Å². The quantitative estimate of drug-likeness (QED) is 0.727. The van der Waals surface area contributed by atoms with E-state index in [0.717, 1.165) is 0 Å². The Hall–Kier alpha value is 0.350. The van der Waals surface area contributed by atoms with E-state index in [0.29, 0.717) is 23.7 Å². The van der Waals surface area contributed by atoms with Crippen molar-refractivity contribution in [1.29, 1.82) is 0 Å². The molecule has 1 aliphatic heterocycles. The second-order valence-corrected chi connectivity index (χ2v) is 9.96. The summed E-state index contributed by atoms with van der Waals surface area (Å²) < 4.78 is 27.1. The summed E-state index contributed by atoms with van der Waals surface area (Å²) >= 11 is 19.7. The van der Waals surface area contributed by atoms with Crippen molar-refractivity contribution in [1.82, 2.24) is 4.31 Å². The topological polar surface area (TPSA) is 37.4 Å². The highest BCUT2D eigenvalue weighted by atomic mass is 35.5. The molecule has 0 aliphatic carbocycles. The average molecular weight is 389 g/mol. The molecule has 3 nitrogen and oxygen atoms in total. The van der Waals surface area contributed by atoms with Gasteiger partial charge in [-0.05, 0) is 17.7 Å². The Kier molecular flexibility index (Phi) is 5.77. The normalized spacial score (nSPS) is 24.2. The average Bonchev–Trinajstić information content (AvgIpc) is 2.37. The lowest BCUT2D eigenvalue weighted by Crippen LogP contribution is -2.44. The van der Waals surface area contributed by atoms with E-state index in [1.807, 2.05) is 13.8 Å². The lowest BCUT2D eigenvalue weighted by Gasteiger charge is -2.33. The molecule has 2 unspecified atom stereocenters. The van der Waals surface area contributed by atoms with Gasteiger partial charge in [0.05, 0.1) is 5.02 Å². The van der Waals surface area contributed by atoms with Gasteiger partial charge in [0.25, 0.3) is 0 Å².